The molecule has 1 aromatic heterocycles. The fraction of sp³-hybridized carbons (Fsp3) is 0.429. The van der Waals surface area contributed by atoms with E-state index < -0.39 is 5.97 Å². The summed E-state index contributed by atoms with van der Waals surface area (Å²) in [6, 6.07) is 5.88. The van der Waals surface area contributed by atoms with Gasteiger partial charge in [-0.3, -0.25) is 9.69 Å². The fourth-order valence-corrected chi connectivity index (χ4v) is 4.86. The first-order chi connectivity index (χ1) is 13.4. The number of hydrogen-bond donors (Lipinski definition) is 1. The Morgan fingerprint density at radius 1 is 1.21 bits per heavy atom. The minimum absolute atomic E-state index is 0.154. The summed E-state index contributed by atoms with van der Waals surface area (Å²) in [6.07, 6.45) is 1.18. The molecule has 3 rings (SSSR count). The number of nitrogens with one attached hydrogen (secondary N) is 1. The number of carbonyl (C=O) groups is 2. The van der Waals surface area contributed by atoms with Gasteiger partial charge in [0.15, 0.2) is 0 Å². The van der Waals surface area contributed by atoms with Crippen LogP contribution in [0, 0.1) is 17.7 Å². The average Bonchev–Trinajstić information content (AvgIpc) is 3.04. The van der Waals surface area contributed by atoms with Crippen LogP contribution in [0.1, 0.15) is 30.6 Å². The van der Waals surface area contributed by atoms with Crippen LogP contribution < -0.4 is 5.32 Å². The second-order valence-electron chi connectivity index (χ2n) is 7.54. The number of methoxy groups -OCH3 is 1. The van der Waals surface area contributed by atoms with Crippen LogP contribution in [0.3, 0.4) is 0 Å². The highest BCUT2D eigenvalue weighted by molar-refractivity contribution is 7.15. The summed E-state index contributed by atoms with van der Waals surface area (Å²) in [5.41, 5.74) is 1.61. The highest BCUT2D eigenvalue weighted by atomic mass is 32.1. The molecule has 0 unspecified atom stereocenters. The summed E-state index contributed by atoms with van der Waals surface area (Å²) in [6.45, 7) is 6.48. The molecule has 0 radical (unpaired) electrons. The van der Waals surface area contributed by atoms with E-state index in [9.17, 15) is 14.0 Å². The Hall–Kier alpha value is -2.25. The molecule has 7 heteroatoms. The summed E-state index contributed by atoms with van der Waals surface area (Å²) < 4.78 is 18.1. The summed E-state index contributed by atoms with van der Waals surface area (Å²) in [5.74, 6) is 0.0927. The third-order valence-electron chi connectivity index (χ3n) is 4.90. The third-order valence-corrected chi connectivity index (χ3v) is 5.80. The molecule has 2 heterocycles. The number of piperidine rings is 1. The minimum atomic E-state index is -0.531. The normalized spacial score (nSPS) is 20.0. The van der Waals surface area contributed by atoms with E-state index in [4.69, 9.17) is 4.74 Å². The molecule has 1 N–H and O–H groups in total. The number of halogens is 1. The summed E-state index contributed by atoms with van der Waals surface area (Å²) in [5, 5.41) is 5.10. The number of rotatable bonds is 5. The number of anilines is 1. The van der Waals surface area contributed by atoms with E-state index in [0.717, 1.165) is 13.1 Å². The molecule has 1 saturated heterocycles. The Bertz CT molecular complexity index is 840. The van der Waals surface area contributed by atoms with Gasteiger partial charge < -0.3 is 10.1 Å². The first-order valence-corrected chi connectivity index (χ1v) is 10.2. The Labute approximate surface area is 168 Å². The van der Waals surface area contributed by atoms with Gasteiger partial charge in [-0.15, -0.1) is 11.3 Å². The van der Waals surface area contributed by atoms with E-state index in [1.165, 1.54) is 37.0 Å². The number of amides is 1. The second-order valence-corrected chi connectivity index (χ2v) is 8.42. The molecule has 0 spiro atoms. The van der Waals surface area contributed by atoms with E-state index in [1.54, 1.807) is 17.5 Å². The van der Waals surface area contributed by atoms with Crippen LogP contribution in [0.15, 0.2) is 29.6 Å². The number of esters is 1. The number of thiophene rings is 1. The standard InChI is InChI=1S/C21H25FN2O3S/c1-13-8-14(2)10-24(9-13)11-18(25)23-20-19(21(26)27-3)17(12-28-20)15-4-6-16(22)7-5-15/h4-7,12-14H,8-11H2,1-3H3,(H,23,25)/t13-,14+. The molecule has 5 nitrogen and oxygen atoms in total. The summed E-state index contributed by atoms with van der Waals surface area (Å²) in [7, 11) is 1.30. The van der Waals surface area contributed by atoms with Crippen molar-refractivity contribution in [2.75, 3.05) is 32.1 Å². The Kier molecular flexibility index (Phi) is 6.46. The maximum absolute atomic E-state index is 13.2. The smallest absolute Gasteiger partial charge is 0.341 e. The lowest BCUT2D eigenvalue weighted by molar-refractivity contribution is -0.117. The molecule has 0 saturated carbocycles. The quantitative estimate of drug-likeness (QED) is 0.757. The van der Waals surface area contributed by atoms with E-state index in [2.05, 4.69) is 24.1 Å². The Morgan fingerprint density at radius 3 is 2.46 bits per heavy atom. The molecule has 2 aromatic rings. The van der Waals surface area contributed by atoms with Crippen LogP contribution in [-0.2, 0) is 9.53 Å². The molecule has 1 aliphatic rings. The van der Waals surface area contributed by atoms with Crippen molar-refractivity contribution in [2.45, 2.75) is 20.3 Å². The topological polar surface area (TPSA) is 58.6 Å². The predicted molar refractivity (Wildman–Crippen MR) is 109 cm³/mol. The van der Waals surface area contributed by atoms with Crippen molar-refractivity contribution in [1.82, 2.24) is 4.90 Å². The first kappa shape index (κ1) is 20.5. The van der Waals surface area contributed by atoms with Crippen LogP contribution in [0.5, 0.6) is 0 Å². The molecule has 150 valence electrons. The highest BCUT2D eigenvalue weighted by Crippen LogP contribution is 2.36. The van der Waals surface area contributed by atoms with E-state index >= 15 is 0 Å². The number of hydrogen-bond acceptors (Lipinski definition) is 5. The van der Waals surface area contributed by atoms with Crippen molar-refractivity contribution in [3.63, 3.8) is 0 Å². The van der Waals surface area contributed by atoms with Crippen molar-refractivity contribution < 1.29 is 18.7 Å². The Morgan fingerprint density at radius 2 is 1.86 bits per heavy atom. The van der Waals surface area contributed by atoms with Crippen LogP contribution in [0.25, 0.3) is 11.1 Å². The van der Waals surface area contributed by atoms with Crippen molar-refractivity contribution >= 4 is 28.2 Å². The maximum atomic E-state index is 13.2. The second kappa shape index (κ2) is 8.84. The first-order valence-electron chi connectivity index (χ1n) is 9.35. The number of likely N-dealkylation sites (tertiary alicyclic amines) is 1. The van der Waals surface area contributed by atoms with E-state index in [-0.39, 0.29) is 11.7 Å². The monoisotopic (exact) mass is 404 g/mol. The molecule has 0 aliphatic carbocycles. The number of carbonyl (C=O) groups excluding carboxylic acids is 2. The van der Waals surface area contributed by atoms with Gasteiger partial charge in [0.2, 0.25) is 5.91 Å². The Balaban J connectivity index is 1.78. The molecule has 1 aliphatic heterocycles. The van der Waals surface area contributed by atoms with E-state index in [0.29, 0.717) is 40.1 Å². The molecule has 1 fully saturated rings. The van der Waals surface area contributed by atoms with Crippen LogP contribution in [0.2, 0.25) is 0 Å². The van der Waals surface area contributed by atoms with Gasteiger partial charge in [0.25, 0.3) is 0 Å². The zero-order chi connectivity index (χ0) is 20.3. The molecule has 1 amide bonds. The number of nitrogens with zero attached hydrogens (tertiary/aromatic N) is 1. The number of benzene rings is 1. The minimum Gasteiger partial charge on any atom is -0.465 e. The van der Waals surface area contributed by atoms with Crippen LogP contribution in [-0.4, -0.2) is 43.5 Å². The predicted octanol–water partition coefficient (Wildman–Crippen LogP) is 4.26. The van der Waals surface area contributed by atoms with Gasteiger partial charge >= 0.3 is 5.97 Å². The SMILES string of the molecule is COC(=O)c1c(-c2ccc(F)cc2)csc1NC(=O)CN1C[C@H](C)C[C@H](C)C1. The lowest BCUT2D eigenvalue weighted by Crippen LogP contribution is -2.42. The summed E-state index contributed by atoms with van der Waals surface area (Å²) >= 11 is 1.27. The molecule has 2 atom stereocenters. The van der Waals surface area contributed by atoms with Gasteiger partial charge in [-0.25, -0.2) is 9.18 Å². The zero-order valence-electron chi connectivity index (χ0n) is 16.3. The third kappa shape index (κ3) is 4.77. The van der Waals surface area contributed by atoms with Crippen molar-refractivity contribution in [3.05, 3.63) is 41.0 Å². The maximum Gasteiger partial charge on any atom is 0.341 e. The zero-order valence-corrected chi connectivity index (χ0v) is 17.1. The molecule has 0 bridgehead atoms. The van der Waals surface area contributed by atoms with Gasteiger partial charge in [-0.05, 0) is 36.0 Å². The van der Waals surface area contributed by atoms with Crippen molar-refractivity contribution in [2.24, 2.45) is 11.8 Å². The fourth-order valence-electron chi connectivity index (χ4n) is 3.89. The summed E-state index contributed by atoms with van der Waals surface area (Å²) in [4.78, 5) is 27.1. The highest BCUT2D eigenvalue weighted by Gasteiger charge is 2.25. The van der Waals surface area contributed by atoms with Gasteiger partial charge in [-0.1, -0.05) is 26.0 Å². The van der Waals surface area contributed by atoms with Crippen molar-refractivity contribution in [1.29, 1.82) is 0 Å². The largest absolute Gasteiger partial charge is 0.465 e. The van der Waals surface area contributed by atoms with Gasteiger partial charge in [0.05, 0.1) is 13.7 Å². The van der Waals surface area contributed by atoms with Gasteiger partial charge in [-0.2, -0.15) is 0 Å². The molecular weight excluding hydrogens is 379 g/mol. The van der Waals surface area contributed by atoms with Crippen molar-refractivity contribution in [3.8, 4) is 11.1 Å². The van der Waals surface area contributed by atoms with Gasteiger partial charge in [0, 0.05) is 24.0 Å². The molecule has 28 heavy (non-hydrogen) atoms. The lowest BCUT2D eigenvalue weighted by Gasteiger charge is -2.34. The van der Waals surface area contributed by atoms with Gasteiger partial charge in [0.1, 0.15) is 16.4 Å². The lowest BCUT2D eigenvalue weighted by atomic mass is 9.92. The molecule has 1 aromatic carbocycles. The molecular formula is C21H25FN2O3S. The van der Waals surface area contributed by atoms with Crippen LogP contribution in [0.4, 0.5) is 9.39 Å². The average molecular weight is 405 g/mol. The number of ether oxygens (including phenoxy) is 1. The van der Waals surface area contributed by atoms with Crippen LogP contribution >= 0.6 is 11.3 Å². The van der Waals surface area contributed by atoms with E-state index in [1.807, 2.05) is 0 Å².